The minimum Gasteiger partial charge on any atom is -0.497 e. The van der Waals surface area contributed by atoms with Crippen LogP contribution in [0.3, 0.4) is 0 Å². The standard InChI is InChI=1S/C28H27N3O6/c1-5-37-28(33)25-17-26(31(30-25)21-9-11-22(34-2)12-10-21)18-7-6-8-20(13-18)29-27(32)19-14-23(35-3)16-24(15-19)36-4/h6-17H,5H2,1-4H3,(H,29,32). The van der Waals surface area contributed by atoms with Gasteiger partial charge in [-0.15, -0.1) is 0 Å². The molecule has 4 aromatic rings. The molecule has 1 heterocycles. The van der Waals surface area contributed by atoms with Gasteiger partial charge in [-0.3, -0.25) is 4.79 Å². The van der Waals surface area contributed by atoms with E-state index in [1.165, 1.54) is 14.2 Å². The van der Waals surface area contributed by atoms with Gasteiger partial charge in [-0.05, 0) is 61.5 Å². The maximum atomic E-state index is 13.0. The van der Waals surface area contributed by atoms with Crippen molar-refractivity contribution in [3.63, 3.8) is 0 Å². The Morgan fingerprint density at radius 3 is 2.14 bits per heavy atom. The molecule has 37 heavy (non-hydrogen) atoms. The third-order valence-corrected chi connectivity index (χ3v) is 5.54. The van der Waals surface area contributed by atoms with Crippen LogP contribution in [-0.2, 0) is 4.74 Å². The molecule has 0 saturated heterocycles. The van der Waals surface area contributed by atoms with Gasteiger partial charge in [-0.25, -0.2) is 9.48 Å². The molecule has 190 valence electrons. The lowest BCUT2D eigenvalue weighted by Crippen LogP contribution is -2.12. The largest absolute Gasteiger partial charge is 0.497 e. The van der Waals surface area contributed by atoms with E-state index in [-0.39, 0.29) is 18.2 Å². The van der Waals surface area contributed by atoms with E-state index in [9.17, 15) is 9.59 Å². The highest BCUT2D eigenvalue weighted by Gasteiger charge is 2.18. The van der Waals surface area contributed by atoms with Gasteiger partial charge in [0.05, 0.1) is 39.3 Å². The van der Waals surface area contributed by atoms with E-state index in [1.807, 2.05) is 36.4 Å². The Kier molecular flexibility index (Phi) is 7.73. The number of hydrogen-bond acceptors (Lipinski definition) is 7. The second-order valence-corrected chi connectivity index (χ2v) is 7.88. The number of nitrogens with zero attached hydrogens (tertiary/aromatic N) is 2. The molecular weight excluding hydrogens is 474 g/mol. The molecule has 0 saturated carbocycles. The van der Waals surface area contributed by atoms with Gasteiger partial charge < -0.3 is 24.3 Å². The quantitative estimate of drug-likeness (QED) is 0.322. The Hall–Kier alpha value is -4.79. The summed E-state index contributed by atoms with van der Waals surface area (Å²) in [7, 11) is 4.64. The predicted octanol–water partition coefficient (Wildman–Crippen LogP) is 4.99. The highest BCUT2D eigenvalue weighted by atomic mass is 16.5. The fourth-order valence-corrected chi connectivity index (χ4v) is 3.71. The van der Waals surface area contributed by atoms with E-state index in [4.69, 9.17) is 18.9 Å². The molecule has 0 fully saturated rings. The molecule has 0 atom stereocenters. The van der Waals surface area contributed by atoms with Crippen LogP contribution in [0, 0.1) is 0 Å². The summed E-state index contributed by atoms with van der Waals surface area (Å²) < 4.78 is 22.6. The number of nitrogens with one attached hydrogen (secondary N) is 1. The Morgan fingerprint density at radius 1 is 0.838 bits per heavy atom. The highest BCUT2D eigenvalue weighted by molar-refractivity contribution is 6.05. The number of rotatable bonds is 9. The van der Waals surface area contributed by atoms with Crippen molar-refractivity contribution in [3.8, 4) is 34.2 Å². The minimum atomic E-state index is -0.521. The lowest BCUT2D eigenvalue weighted by molar-refractivity contribution is 0.0519. The van der Waals surface area contributed by atoms with Crippen LogP contribution in [0.5, 0.6) is 17.2 Å². The molecule has 1 N–H and O–H groups in total. The molecule has 9 nitrogen and oxygen atoms in total. The molecule has 1 aromatic heterocycles. The Balaban J connectivity index is 1.69. The van der Waals surface area contributed by atoms with Crippen molar-refractivity contribution >= 4 is 17.6 Å². The van der Waals surface area contributed by atoms with E-state index in [1.54, 1.807) is 55.1 Å². The first-order valence-corrected chi connectivity index (χ1v) is 11.5. The lowest BCUT2D eigenvalue weighted by Gasteiger charge is -2.11. The number of carbonyl (C=O) groups excluding carboxylic acids is 2. The summed E-state index contributed by atoms with van der Waals surface area (Å²) >= 11 is 0. The number of anilines is 1. The van der Waals surface area contributed by atoms with E-state index in [2.05, 4.69) is 10.4 Å². The number of hydrogen-bond donors (Lipinski definition) is 1. The third-order valence-electron chi connectivity index (χ3n) is 5.54. The van der Waals surface area contributed by atoms with Crippen molar-refractivity contribution in [3.05, 3.63) is 84.1 Å². The molecule has 3 aromatic carbocycles. The summed E-state index contributed by atoms with van der Waals surface area (Å²) in [5, 5.41) is 7.40. The Labute approximate surface area is 214 Å². The van der Waals surface area contributed by atoms with Crippen LogP contribution in [0.2, 0.25) is 0 Å². The first-order valence-electron chi connectivity index (χ1n) is 11.5. The van der Waals surface area contributed by atoms with Crippen molar-refractivity contribution < 1.29 is 28.5 Å². The van der Waals surface area contributed by atoms with E-state index >= 15 is 0 Å². The van der Waals surface area contributed by atoms with Crippen molar-refractivity contribution in [1.29, 1.82) is 0 Å². The minimum absolute atomic E-state index is 0.172. The number of ether oxygens (including phenoxy) is 4. The maximum Gasteiger partial charge on any atom is 0.358 e. The van der Waals surface area contributed by atoms with Crippen LogP contribution in [0.1, 0.15) is 27.8 Å². The van der Waals surface area contributed by atoms with Crippen LogP contribution in [-0.4, -0.2) is 49.6 Å². The number of aromatic nitrogens is 2. The summed E-state index contributed by atoms with van der Waals surface area (Å²) in [5.74, 6) is 0.862. The zero-order valence-corrected chi connectivity index (χ0v) is 21.0. The van der Waals surface area contributed by atoms with Gasteiger partial charge >= 0.3 is 5.97 Å². The van der Waals surface area contributed by atoms with Crippen molar-refractivity contribution in [2.24, 2.45) is 0 Å². The van der Waals surface area contributed by atoms with Crippen LogP contribution in [0.4, 0.5) is 5.69 Å². The van der Waals surface area contributed by atoms with Gasteiger partial charge in [-0.2, -0.15) is 5.10 Å². The number of carbonyl (C=O) groups is 2. The van der Waals surface area contributed by atoms with E-state index < -0.39 is 5.97 Å². The van der Waals surface area contributed by atoms with Gasteiger partial charge in [0.2, 0.25) is 0 Å². The molecular formula is C28H27N3O6. The molecule has 1 amide bonds. The molecule has 0 aliphatic rings. The first-order chi connectivity index (χ1) is 17.9. The second kappa shape index (κ2) is 11.3. The van der Waals surface area contributed by atoms with Gasteiger partial charge in [0.1, 0.15) is 17.2 Å². The van der Waals surface area contributed by atoms with Crippen molar-refractivity contribution in [1.82, 2.24) is 9.78 Å². The Morgan fingerprint density at radius 2 is 1.51 bits per heavy atom. The van der Waals surface area contributed by atoms with Gasteiger partial charge in [0.25, 0.3) is 5.91 Å². The zero-order valence-electron chi connectivity index (χ0n) is 21.0. The van der Waals surface area contributed by atoms with Gasteiger partial charge in [0.15, 0.2) is 5.69 Å². The van der Waals surface area contributed by atoms with E-state index in [0.717, 1.165) is 11.3 Å². The van der Waals surface area contributed by atoms with Crippen molar-refractivity contribution in [2.75, 3.05) is 33.3 Å². The molecule has 0 aliphatic heterocycles. The molecule has 0 unspecified atom stereocenters. The van der Waals surface area contributed by atoms with Crippen LogP contribution in [0.25, 0.3) is 16.9 Å². The average Bonchev–Trinajstić information content (AvgIpc) is 3.39. The molecule has 0 radical (unpaired) electrons. The summed E-state index contributed by atoms with van der Waals surface area (Å²) in [5.41, 5.74) is 3.22. The fourth-order valence-electron chi connectivity index (χ4n) is 3.71. The van der Waals surface area contributed by atoms with Crippen molar-refractivity contribution in [2.45, 2.75) is 6.92 Å². The summed E-state index contributed by atoms with van der Waals surface area (Å²) in [6.45, 7) is 1.98. The molecule has 0 bridgehead atoms. The van der Waals surface area contributed by atoms with Gasteiger partial charge in [-0.1, -0.05) is 12.1 Å². The maximum absolute atomic E-state index is 13.0. The second-order valence-electron chi connectivity index (χ2n) is 7.88. The van der Waals surface area contributed by atoms with Crippen LogP contribution >= 0.6 is 0 Å². The molecule has 0 spiro atoms. The predicted molar refractivity (Wildman–Crippen MR) is 139 cm³/mol. The summed E-state index contributed by atoms with van der Waals surface area (Å²) in [6.07, 6.45) is 0. The van der Waals surface area contributed by atoms with Gasteiger partial charge in [0, 0.05) is 22.9 Å². The number of esters is 1. The monoisotopic (exact) mass is 501 g/mol. The number of amides is 1. The number of benzene rings is 3. The SMILES string of the molecule is CCOC(=O)c1cc(-c2cccc(NC(=O)c3cc(OC)cc(OC)c3)c2)n(-c2ccc(OC)cc2)n1. The Bertz CT molecular complexity index is 1390. The van der Waals surface area contributed by atoms with Crippen LogP contribution in [0.15, 0.2) is 72.8 Å². The lowest BCUT2D eigenvalue weighted by atomic mass is 10.1. The molecule has 0 aliphatic carbocycles. The summed E-state index contributed by atoms with van der Waals surface area (Å²) in [6, 6.07) is 21.2. The average molecular weight is 502 g/mol. The highest BCUT2D eigenvalue weighted by Crippen LogP contribution is 2.28. The first kappa shape index (κ1) is 25.3. The van der Waals surface area contributed by atoms with Crippen LogP contribution < -0.4 is 19.5 Å². The molecule has 4 rings (SSSR count). The fraction of sp³-hybridized carbons (Fsp3) is 0.179. The zero-order chi connectivity index (χ0) is 26.4. The van der Waals surface area contributed by atoms with E-state index in [0.29, 0.717) is 34.2 Å². The smallest absolute Gasteiger partial charge is 0.358 e. The summed E-state index contributed by atoms with van der Waals surface area (Å²) in [4.78, 5) is 25.5. The topological polar surface area (TPSA) is 101 Å². The third kappa shape index (κ3) is 5.72. The molecule has 9 heteroatoms. The number of methoxy groups -OCH3 is 3. The normalized spacial score (nSPS) is 10.5.